The Balaban J connectivity index is 0. The van der Waals surface area contributed by atoms with Crippen molar-refractivity contribution >= 4 is 23.5 Å². The summed E-state index contributed by atoms with van der Waals surface area (Å²) in [6.45, 7) is 12.5. The van der Waals surface area contributed by atoms with Gasteiger partial charge in [-0.25, -0.2) is 0 Å². The van der Waals surface area contributed by atoms with Crippen molar-refractivity contribution in [2.75, 3.05) is 140 Å². The number of carbonyl (C=O) groups is 4. The average Bonchev–Trinajstić information content (AvgIpc) is 3.07. The summed E-state index contributed by atoms with van der Waals surface area (Å²) in [6, 6.07) is 0. The summed E-state index contributed by atoms with van der Waals surface area (Å²) in [4.78, 5) is 44.6. The second kappa shape index (κ2) is 40.9. The second-order valence-corrected chi connectivity index (χ2v) is 9.97. The van der Waals surface area contributed by atoms with Gasteiger partial charge in [-0.2, -0.15) is 0 Å². The van der Waals surface area contributed by atoms with Crippen molar-refractivity contribution in [3.63, 3.8) is 0 Å². The first-order chi connectivity index (χ1) is 23.4. The van der Waals surface area contributed by atoms with E-state index in [1.807, 2.05) is 0 Å². The minimum Gasteiger partial charge on any atom is -0.382 e. The molecule has 0 aliphatic rings. The zero-order chi connectivity index (χ0) is 35.8. The van der Waals surface area contributed by atoms with Crippen LogP contribution in [0.5, 0.6) is 0 Å². The predicted octanol–water partition coefficient (Wildman–Crippen LogP) is 0.290. The Morgan fingerprint density at radius 1 is 0.438 bits per heavy atom. The third-order valence-electron chi connectivity index (χ3n) is 5.70. The molecule has 48 heavy (non-hydrogen) atoms. The van der Waals surface area contributed by atoms with Gasteiger partial charge in [-0.1, -0.05) is 6.92 Å². The minimum absolute atomic E-state index is 0.0498. The molecule has 0 aromatic carbocycles. The van der Waals surface area contributed by atoms with Gasteiger partial charge in [-0.3, -0.25) is 19.2 Å². The van der Waals surface area contributed by atoms with Gasteiger partial charge in [0.05, 0.1) is 106 Å². The number of hydrogen-bond donors (Lipinski definition) is 3. The van der Waals surface area contributed by atoms with E-state index in [-0.39, 0.29) is 23.5 Å². The highest BCUT2D eigenvalue weighted by Crippen LogP contribution is 1.89. The minimum atomic E-state index is -0.0780. The summed E-state index contributed by atoms with van der Waals surface area (Å²) in [5.74, 6) is -0.0659. The van der Waals surface area contributed by atoms with Crippen LogP contribution in [0.4, 0.5) is 0 Å². The quantitative estimate of drug-likeness (QED) is 0.0768. The van der Waals surface area contributed by atoms with Gasteiger partial charge >= 0.3 is 0 Å². The summed E-state index contributed by atoms with van der Waals surface area (Å²) >= 11 is 0. The van der Waals surface area contributed by atoms with Crippen LogP contribution < -0.4 is 16.0 Å². The molecule has 0 atom stereocenters. The number of ether oxygens (including phenoxy) is 9. The topological polar surface area (TPSA) is 187 Å². The molecular formula is C32H63N3O13. The van der Waals surface area contributed by atoms with Gasteiger partial charge in [0.25, 0.3) is 0 Å². The zero-order valence-electron chi connectivity index (χ0n) is 29.8. The van der Waals surface area contributed by atoms with E-state index in [0.717, 1.165) is 13.0 Å². The standard InChI is InChI=1S/C16H32N2O7.C16H31NO6/c1-17-15(19)3-6-22-11-13-24-8-5-18-16(20)4-7-23-12-14-25-10-9-21-2;1-3-7-20-11-12-22-9-5-16(19)17-6-10-23-14-13-21-8-4-15(2)18/h3-14H2,1-2H3,(H,17,19)(H,18,20);3-14H2,1-2H3,(H,17,19). The maximum atomic E-state index is 11.5. The van der Waals surface area contributed by atoms with Crippen LogP contribution in [0.15, 0.2) is 0 Å². The fourth-order valence-corrected chi connectivity index (χ4v) is 3.11. The molecule has 0 bridgehead atoms. The summed E-state index contributed by atoms with van der Waals surface area (Å²) in [7, 11) is 3.21. The van der Waals surface area contributed by atoms with E-state index in [1.165, 1.54) is 6.92 Å². The van der Waals surface area contributed by atoms with Gasteiger partial charge in [-0.05, 0) is 13.3 Å². The number of rotatable bonds is 35. The molecule has 0 heterocycles. The Kier molecular flexibility index (Phi) is 40.8. The van der Waals surface area contributed by atoms with Crippen LogP contribution in [-0.2, 0) is 61.8 Å². The van der Waals surface area contributed by atoms with E-state index in [9.17, 15) is 19.2 Å². The van der Waals surface area contributed by atoms with Gasteiger partial charge in [-0.15, -0.1) is 0 Å². The first-order valence-electron chi connectivity index (χ1n) is 16.7. The maximum absolute atomic E-state index is 11.5. The SMILES string of the molecule is CCCOCCOCCC(=O)NCCOCCOCCC(C)=O.CNC(=O)CCOCCOCCNC(=O)CCOCCOCCOC. The lowest BCUT2D eigenvalue weighted by molar-refractivity contribution is -0.123. The summed E-state index contributed by atoms with van der Waals surface area (Å²) in [5.41, 5.74) is 0. The van der Waals surface area contributed by atoms with E-state index in [4.69, 9.17) is 42.6 Å². The monoisotopic (exact) mass is 697 g/mol. The maximum Gasteiger partial charge on any atom is 0.222 e. The van der Waals surface area contributed by atoms with Crippen LogP contribution >= 0.6 is 0 Å². The molecule has 0 radical (unpaired) electrons. The largest absolute Gasteiger partial charge is 0.382 e. The van der Waals surface area contributed by atoms with E-state index < -0.39 is 0 Å². The van der Waals surface area contributed by atoms with Gasteiger partial charge in [0, 0.05) is 59.5 Å². The van der Waals surface area contributed by atoms with Gasteiger partial charge in [0.1, 0.15) is 5.78 Å². The molecule has 0 aliphatic heterocycles. The van der Waals surface area contributed by atoms with E-state index in [2.05, 4.69) is 22.9 Å². The van der Waals surface area contributed by atoms with Crippen molar-refractivity contribution < 1.29 is 61.8 Å². The number of ketones is 1. The van der Waals surface area contributed by atoms with Crippen molar-refractivity contribution in [1.29, 1.82) is 0 Å². The van der Waals surface area contributed by atoms with Gasteiger partial charge in [0.2, 0.25) is 17.7 Å². The lowest BCUT2D eigenvalue weighted by atomic mass is 10.3. The van der Waals surface area contributed by atoms with Crippen molar-refractivity contribution in [2.24, 2.45) is 0 Å². The van der Waals surface area contributed by atoms with Crippen LogP contribution in [0.2, 0.25) is 0 Å². The summed E-state index contributed by atoms with van der Waals surface area (Å²) in [6.07, 6.45) is 2.41. The molecule has 16 heteroatoms. The highest BCUT2D eigenvalue weighted by atomic mass is 16.5. The number of Topliss-reactive ketones (excluding diaryl/α,β-unsaturated/α-hetero) is 1. The van der Waals surface area contributed by atoms with Crippen LogP contribution in [0.3, 0.4) is 0 Å². The lowest BCUT2D eigenvalue weighted by Crippen LogP contribution is -2.28. The smallest absolute Gasteiger partial charge is 0.222 e. The molecule has 0 aromatic heterocycles. The lowest BCUT2D eigenvalue weighted by Gasteiger charge is -2.08. The molecular weight excluding hydrogens is 634 g/mol. The molecule has 0 saturated heterocycles. The van der Waals surface area contributed by atoms with Crippen LogP contribution in [0.25, 0.3) is 0 Å². The first kappa shape index (κ1) is 47.8. The van der Waals surface area contributed by atoms with Crippen molar-refractivity contribution in [3.05, 3.63) is 0 Å². The van der Waals surface area contributed by atoms with Crippen LogP contribution in [0, 0.1) is 0 Å². The van der Waals surface area contributed by atoms with E-state index in [0.29, 0.717) is 144 Å². The Morgan fingerprint density at radius 2 is 0.771 bits per heavy atom. The molecule has 3 N–H and O–H groups in total. The third kappa shape index (κ3) is 43.7. The Bertz CT molecular complexity index is 748. The Hall–Kier alpha value is -2.28. The molecule has 284 valence electrons. The van der Waals surface area contributed by atoms with Gasteiger partial charge < -0.3 is 58.6 Å². The number of amides is 3. The van der Waals surface area contributed by atoms with E-state index >= 15 is 0 Å². The normalized spacial score (nSPS) is 10.7. The molecule has 0 saturated carbocycles. The molecule has 0 fully saturated rings. The predicted molar refractivity (Wildman–Crippen MR) is 178 cm³/mol. The highest BCUT2D eigenvalue weighted by Gasteiger charge is 2.02. The average molecular weight is 698 g/mol. The van der Waals surface area contributed by atoms with Crippen molar-refractivity contribution in [3.8, 4) is 0 Å². The molecule has 0 unspecified atom stereocenters. The molecule has 0 rings (SSSR count). The molecule has 0 spiro atoms. The number of hydrogen-bond acceptors (Lipinski definition) is 13. The van der Waals surface area contributed by atoms with Crippen molar-refractivity contribution in [2.45, 2.75) is 46.0 Å². The highest BCUT2D eigenvalue weighted by molar-refractivity contribution is 5.76. The molecule has 16 nitrogen and oxygen atoms in total. The fraction of sp³-hybridized carbons (Fsp3) is 0.875. The van der Waals surface area contributed by atoms with Gasteiger partial charge in [0.15, 0.2) is 0 Å². The molecule has 0 aromatic rings. The Morgan fingerprint density at radius 3 is 1.15 bits per heavy atom. The molecule has 0 aliphatic carbocycles. The summed E-state index contributed by atoms with van der Waals surface area (Å²) < 4.78 is 47.0. The van der Waals surface area contributed by atoms with Crippen LogP contribution in [-0.4, -0.2) is 163 Å². The van der Waals surface area contributed by atoms with E-state index in [1.54, 1.807) is 14.2 Å². The summed E-state index contributed by atoms with van der Waals surface area (Å²) in [5, 5.41) is 8.01. The third-order valence-corrected chi connectivity index (χ3v) is 5.70. The zero-order valence-corrected chi connectivity index (χ0v) is 29.8. The Labute approximate surface area is 286 Å². The number of carbonyl (C=O) groups excluding carboxylic acids is 4. The van der Waals surface area contributed by atoms with Crippen LogP contribution in [0.1, 0.15) is 46.0 Å². The number of methoxy groups -OCH3 is 1. The fourth-order valence-electron chi connectivity index (χ4n) is 3.11. The second-order valence-electron chi connectivity index (χ2n) is 9.97. The molecule has 3 amide bonds. The first-order valence-corrected chi connectivity index (χ1v) is 16.7. The number of nitrogens with one attached hydrogen (secondary N) is 3. The van der Waals surface area contributed by atoms with Crippen molar-refractivity contribution in [1.82, 2.24) is 16.0 Å².